The Hall–Kier alpha value is -4.20. The maximum atomic E-state index is 13.2. The van der Waals surface area contributed by atoms with Crippen LogP contribution in [0, 0.1) is 6.92 Å². The molecule has 4 aromatic rings. The molecule has 0 N–H and O–H groups in total. The Balaban J connectivity index is 1.24. The van der Waals surface area contributed by atoms with Crippen LogP contribution in [0.25, 0.3) is 5.82 Å². The summed E-state index contributed by atoms with van der Waals surface area (Å²) in [5.41, 5.74) is 1.49. The van der Waals surface area contributed by atoms with E-state index in [1.54, 1.807) is 4.68 Å². The fraction of sp³-hybridized carbons (Fsp3) is 0.200. The predicted molar refractivity (Wildman–Crippen MR) is 125 cm³/mol. The number of rotatable bonds is 5. The zero-order valence-corrected chi connectivity index (χ0v) is 18.3. The first kappa shape index (κ1) is 20.7. The summed E-state index contributed by atoms with van der Waals surface area (Å²) in [4.78, 5) is 17.2. The molecule has 0 atom stereocenters. The van der Waals surface area contributed by atoms with E-state index in [-0.39, 0.29) is 5.91 Å². The summed E-state index contributed by atoms with van der Waals surface area (Å²) < 4.78 is 7.68. The van der Waals surface area contributed by atoms with Crippen LogP contribution in [0.5, 0.6) is 11.5 Å². The van der Waals surface area contributed by atoms with E-state index < -0.39 is 0 Å². The van der Waals surface area contributed by atoms with E-state index in [0.29, 0.717) is 49.1 Å². The number of anilines is 1. The van der Waals surface area contributed by atoms with Crippen molar-refractivity contribution in [3.8, 4) is 17.3 Å². The van der Waals surface area contributed by atoms with Crippen molar-refractivity contribution in [2.45, 2.75) is 6.92 Å². The second-order valence-corrected chi connectivity index (χ2v) is 7.84. The zero-order valence-electron chi connectivity index (χ0n) is 18.3. The molecule has 0 bridgehead atoms. The molecule has 1 saturated heterocycles. The van der Waals surface area contributed by atoms with Crippen molar-refractivity contribution in [3.05, 3.63) is 90.3 Å². The number of ether oxygens (including phenoxy) is 1. The molecule has 0 radical (unpaired) electrons. The van der Waals surface area contributed by atoms with Gasteiger partial charge in [0.05, 0.1) is 11.3 Å². The van der Waals surface area contributed by atoms with Crippen LogP contribution in [0.2, 0.25) is 0 Å². The molecular weight excluding hydrogens is 416 g/mol. The number of aryl methyl sites for hydroxylation is 1. The number of carbonyl (C=O) groups excluding carboxylic acids is 1. The fourth-order valence-electron chi connectivity index (χ4n) is 3.81. The number of amides is 1. The van der Waals surface area contributed by atoms with Crippen molar-refractivity contribution in [3.63, 3.8) is 0 Å². The van der Waals surface area contributed by atoms with Crippen LogP contribution in [0.4, 0.5) is 5.82 Å². The van der Waals surface area contributed by atoms with Gasteiger partial charge in [0.1, 0.15) is 11.5 Å². The number of hydrogen-bond donors (Lipinski definition) is 0. The van der Waals surface area contributed by atoms with Crippen molar-refractivity contribution >= 4 is 11.7 Å². The molecule has 2 aromatic carbocycles. The maximum absolute atomic E-state index is 13.2. The van der Waals surface area contributed by atoms with Crippen LogP contribution in [-0.2, 0) is 0 Å². The van der Waals surface area contributed by atoms with E-state index in [0.717, 1.165) is 11.5 Å². The van der Waals surface area contributed by atoms with Crippen molar-refractivity contribution in [2.24, 2.45) is 0 Å². The van der Waals surface area contributed by atoms with Gasteiger partial charge < -0.3 is 14.5 Å². The Labute approximate surface area is 192 Å². The summed E-state index contributed by atoms with van der Waals surface area (Å²) in [5, 5.41) is 13.0. The van der Waals surface area contributed by atoms with E-state index in [9.17, 15) is 4.79 Å². The number of nitrogens with zero attached hydrogens (tertiary/aromatic N) is 6. The molecule has 1 aliphatic heterocycles. The molecule has 3 heterocycles. The Morgan fingerprint density at radius 2 is 1.52 bits per heavy atom. The molecule has 33 heavy (non-hydrogen) atoms. The highest BCUT2D eigenvalue weighted by atomic mass is 16.5. The minimum atomic E-state index is -0.0309. The van der Waals surface area contributed by atoms with Crippen molar-refractivity contribution in [1.29, 1.82) is 0 Å². The van der Waals surface area contributed by atoms with Gasteiger partial charge in [0.2, 0.25) is 0 Å². The largest absolute Gasteiger partial charge is 0.457 e. The average Bonchev–Trinajstić information content (AvgIpc) is 3.31. The molecule has 0 spiro atoms. The molecule has 0 aliphatic carbocycles. The Morgan fingerprint density at radius 3 is 2.21 bits per heavy atom. The van der Waals surface area contributed by atoms with Crippen LogP contribution < -0.4 is 9.64 Å². The molecule has 166 valence electrons. The minimum Gasteiger partial charge on any atom is -0.457 e. The highest BCUT2D eigenvalue weighted by Crippen LogP contribution is 2.26. The predicted octanol–water partition coefficient (Wildman–Crippen LogP) is 3.73. The van der Waals surface area contributed by atoms with Gasteiger partial charge in [0.15, 0.2) is 11.6 Å². The summed E-state index contributed by atoms with van der Waals surface area (Å²) in [6, 6.07) is 22.6. The van der Waals surface area contributed by atoms with E-state index in [1.807, 2.05) is 90.8 Å². The first-order chi connectivity index (χ1) is 16.2. The van der Waals surface area contributed by atoms with E-state index >= 15 is 0 Å². The molecule has 1 fully saturated rings. The van der Waals surface area contributed by atoms with Crippen LogP contribution in [-0.4, -0.2) is 57.0 Å². The maximum Gasteiger partial charge on any atom is 0.257 e. The summed E-state index contributed by atoms with van der Waals surface area (Å²) in [7, 11) is 0. The lowest BCUT2D eigenvalue weighted by Crippen LogP contribution is -2.49. The normalized spacial score (nSPS) is 13.7. The van der Waals surface area contributed by atoms with E-state index in [2.05, 4.69) is 20.2 Å². The molecule has 1 aliphatic rings. The third-order valence-corrected chi connectivity index (χ3v) is 5.57. The van der Waals surface area contributed by atoms with Gasteiger partial charge in [0.25, 0.3) is 5.91 Å². The summed E-state index contributed by atoms with van der Waals surface area (Å²) in [5.74, 6) is 2.70. The number of aromatic nitrogens is 4. The summed E-state index contributed by atoms with van der Waals surface area (Å²) >= 11 is 0. The van der Waals surface area contributed by atoms with Gasteiger partial charge in [-0.3, -0.25) is 4.79 Å². The van der Waals surface area contributed by atoms with Crippen LogP contribution in [0.1, 0.15) is 16.1 Å². The van der Waals surface area contributed by atoms with Crippen LogP contribution in [0.3, 0.4) is 0 Å². The minimum absolute atomic E-state index is 0.0309. The third kappa shape index (κ3) is 4.55. The van der Waals surface area contributed by atoms with Crippen molar-refractivity contribution in [1.82, 2.24) is 24.9 Å². The van der Waals surface area contributed by atoms with Gasteiger partial charge >= 0.3 is 0 Å². The smallest absolute Gasteiger partial charge is 0.257 e. The Kier molecular flexibility index (Phi) is 5.72. The quantitative estimate of drug-likeness (QED) is 0.471. The number of benzene rings is 2. The second-order valence-electron chi connectivity index (χ2n) is 7.84. The first-order valence-electron chi connectivity index (χ1n) is 10.9. The van der Waals surface area contributed by atoms with Crippen LogP contribution >= 0.6 is 0 Å². The Morgan fingerprint density at radius 1 is 0.818 bits per heavy atom. The molecule has 5 rings (SSSR count). The van der Waals surface area contributed by atoms with Gasteiger partial charge in [-0.25, -0.2) is 4.68 Å². The molecule has 1 amide bonds. The zero-order chi connectivity index (χ0) is 22.6. The average molecular weight is 441 g/mol. The van der Waals surface area contributed by atoms with Crippen LogP contribution in [0.15, 0.2) is 79.0 Å². The summed E-state index contributed by atoms with van der Waals surface area (Å²) in [6.07, 6.45) is 1.86. The number of para-hydroxylation sites is 2. The van der Waals surface area contributed by atoms with Gasteiger partial charge in [-0.15, -0.1) is 10.2 Å². The second kappa shape index (κ2) is 9.12. The van der Waals surface area contributed by atoms with Gasteiger partial charge in [-0.1, -0.05) is 30.3 Å². The molecule has 0 saturated carbocycles. The Bertz CT molecular complexity index is 1230. The monoisotopic (exact) mass is 440 g/mol. The van der Waals surface area contributed by atoms with E-state index in [1.165, 1.54) is 0 Å². The molecule has 8 heteroatoms. The fourth-order valence-corrected chi connectivity index (χ4v) is 3.81. The first-order valence-corrected chi connectivity index (χ1v) is 10.9. The van der Waals surface area contributed by atoms with Crippen molar-refractivity contribution in [2.75, 3.05) is 31.1 Å². The topological polar surface area (TPSA) is 76.4 Å². The van der Waals surface area contributed by atoms with E-state index in [4.69, 9.17) is 4.74 Å². The summed E-state index contributed by atoms with van der Waals surface area (Å²) in [6.45, 7) is 4.50. The van der Waals surface area contributed by atoms with Crippen molar-refractivity contribution < 1.29 is 9.53 Å². The lowest BCUT2D eigenvalue weighted by molar-refractivity contribution is 0.0744. The lowest BCUT2D eigenvalue weighted by atomic mass is 10.1. The standard InChI is InChI=1S/C25H24N6O2/c1-19-13-14-31(28-19)24-12-11-23(26-27-24)29-15-17-30(18-16-29)25(32)21-9-5-6-10-22(21)33-20-7-3-2-4-8-20/h2-14H,15-18H2,1H3. The SMILES string of the molecule is Cc1ccn(-c2ccc(N3CCN(C(=O)c4ccccc4Oc4ccccc4)CC3)nn2)n1. The molecule has 0 unspecified atom stereocenters. The lowest BCUT2D eigenvalue weighted by Gasteiger charge is -2.35. The highest BCUT2D eigenvalue weighted by Gasteiger charge is 2.25. The molecule has 8 nitrogen and oxygen atoms in total. The van der Waals surface area contributed by atoms with Gasteiger partial charge in [0, 0.05) is 32.4 Å². The number of hydrogen-bond acceptors (Lipinski definition) is 6. The number of carbonyl (C=O) groups is 1. The number of piperazine rings is 1. The molecular formula is C25H24N6O2. The highest BCUT2D eigenvalue weighted by molar-refractivity contribution is 5.97. The molecule has 2 aromatic heterocycles. The van der Waals surface area contributed by atoms with Gasteiger partial charge in [-0.2, -0.15) is 5.10 Å². The third-order valence-electron chi connectivity index (χ3n) is 5.57. The van der Waals surface area contributed by atoms with Gasteiger partial charge in [-0.05, 0) is 49.4 Å².